The Morgan fingerprint density at radius 1 is 1.21 bits per heavy atom. The van der Waals surface area contributed by atoms with Crippen molar-refractivity contribution in [1.29, 1.82) is 0 Å². The van der Waals surface area contributed by atoms with E-state index in [4.69, 9.17) is 14.5 Å². The van der Waals surface area contributed by atoms with Gasteiger partial charge < -0.3 is 14.4 Å². The zero-order valence-electron chi connectivity index (χ0n) is 19.6. The number of aromatic amines is 1. The number of hydrogen-bond donors (Lipinski definition) is 1. The Hall–Kier alpha value is -3.62. The second kappa shape index (κ2) is 8.62. The van der Waals surface area contributed by atoms with Gasteiger partial charge in [-0.3, -0.25) is 19.1 Å². The molecular formula is C25H28N4O5. The molecule has 1 aliphatic heterocycles. The van der Waals surface area contributed by atoms with E-state index in [-0.39, 0.29) is 41.1 Å². The first-order valence-corrected chi connectivity index (χ1v) is 11.7. The molecule has 1 aromatic carbocycles. The van der Waals surface area contributed by atoms with E-state index in [1.54, 1.807) is 11.0 Å². The molecule has 0 atom stereocenters. The van der Waals surface area contributed by atoms with Crippen LogP contribution in [0.4, 0.5) is 0 Å². The molecule has 1 N–H and O–H groups in total. The minimum absolute atomic E-state index is 0.162. The van der Waals surface area contributed by atoms with Crippen molar-refractivity contribution in [3.63, 3.8) is 0 Å². The molecule has 0 unspecified atom stereocenters. The van der Waals surface area contributed by atoms with Crippen LogP contribution in [-0.2, 0) is 13.1 Å². The molecule has 0 spiro atoms. The van der Waals surface area contributed by atoms with Gasteiger partial charge >= 0.3 is 5.69 Å². The van der Waals surface area contributed by atoms with E-state index in [0.29, 0.717) is 31.1 Å². The fourth-order valence-corrected chi connectivity index (χ4v) is 4.34. The fourth-order valence-electron chi connectivity index (χ4n) is 4.34. The Morgan fingerprint density at radius 3 is 2.68 bits per heavy atom. The lowest BCUT2D eigenvalue weighted by Gasteiger charge is -2.23. The Labute approximate surface area is 196 Å². The van der Waals surface area contributed by atoms with Gasteiger partial charge in [-0.1, -0.05) is 19.9 Å². The number of H-pyrrole nitrogens is 1. The molecule has 34 heavy (non-hydrogen) atoms. The molecule has 3 aromatic rings. The highest BCUT2D eigenvalue weighted by Crippen LogP contribution is 2.40. The van der Waals surface area contributed by atoms with E-state index in [2.05, 4.69) is 4.98 Å². The van der Waals surface area contributed by atoms with Gasteiger partial charge in [-0.25, -0.2) is 9.78 Å². The highest BCUT2D eigenvalue weighted by atomic mass is 16.7. The standard InChI is InChI=1S/C25H28N4O5/c1-4-28(12-15-5-8-19-20(9-15)34-13-33-19)24(31)17-10-18(16-6-7-16)26-22-21(17)23(30)27-25(32)29(22)11-14(2)3/h5,8-10,14,16H,4,6-7,11-13H2,1-3H3,(H,27,30,32). The van der Waals surface area contributed by atoms with Gasteiger partial charge in [-0.15, -0.1) is 0 Å². The second-order valence-electron chi connectivity index (χ2n) is 9.34. The number of amides is 1. The zero-order chi connectivity index (χ0) is 24.0. The zero-order valence-corrected chi connectivity index (χ0v) is 19.6. The van der Waals surface area contributed by atoms with Crippen molar-refractivity contribution >= 4 is 16.9 Å². The summed E-state index contributed by atoms with van der Waals surface area (Å²) in [7, 11) is 0. The maximum Gasteiger partial charge on any atom is 0.330 e. The summed E-state index contributed by atoms with van der Waals surface area (Å²) in [5.74, 6) is 1.48. The van der Waals surface area contributed by atoms with Gasteiger partial charge in [0.15, 0.2) is 17.1 Å². The summed E-state index contributed by atoms with van der Waals surface area (Å²) < 4.78 is 12.3. The Kier molecular flexibility index (Phi) is 5.63. The van der Waals surface area contributed by atoms with Crippen molar-refractivity contribution in [1.82, 2.24) is 19.4 Å². The third kappa shape index (κ3) is 4.06. The normalized spacial score (nSPS) is 14.7. The van der Waals surface area contributed by atoms with E-state index in [9.17, 15) is 14.4 Å². The number of aromatic nitrogens is 3. The van der Waals surface area contributed by atoms with E-state index in [0.717, 1.165) is 24.1 Å². The molecule has 1 aliphatic carbocycles. The van der Waals surface area contributed by atoms with Crippen molar-refractivity contribution in [3.05, 3.63) is 61.9 Å². The maximum absolute atomic E-state index is 13.8. The molecule has 0 saturated heterocycles. The first-order valence-electron chi connectivity index (χ1n) is 11.7. The number of benzene rings is 1. The number of carbonyl (C=O) groups is 1. The first kappa shape index (κ1) is 22.2. The van der Waals surface area contributed by atoms with E-state index >= 15 is 0 Å². The molecule has 5 rings (SSSR count). The highest BCUT2D eigenvalue weighted by Gasteiger charge is 2.30. The minimum Gasteiger partial charge on any atom is -0.454 e. The largest absolute Gasteiger partial charge is 0.454 e. The smallest absolute Gasteiger partial charge is 0.330 e. The van der Waals surface area contributed by atoms with E-state index in [1.165, 1.54) is 4.57 Å². The lowest BCUT2D eigenvalue weighted by atomic mass is 10.1. The highest BCUT2D eigenvalue weighted by molar-refractivity contribution is 6.05. The molecular weight excluding hydrogens is 436 g/mol. The monoisotopic (exact) mass is 464 g/mol. The van der Waals surface area contributed by atoms with Gasteiger partial charge in [0.05, 0.1) is 10.9 Å². The first-order chi connectivity index (χ1) is 16.4. The number of fused-ring (bicyclic) bond motifs is 2. The van der Waals surface area contributed by atoms with Gasteiger partial charge in [-0.05, 0) is 49.4 Å². The topological polar surface area (TPSA) is 107 Å². The number of ether oxygens (including phenoxy) is 2. The van der Waals surface area contributed by atoms with E-state index in [1.807, 2.05) is 39.0 Å². The molecule has 0 radical (unpaired) electrons. The van der Waals surface area contributed by atoms with Crippen LogP contribution in [-0.4, -0.2) is 38.7 Å². The fraction of sp³-hybridized carbons (Fsp3) is 0.440. The van der Waals surface area contributed by atoms with Crippen molar-refractivity contribution < 1.29 is 14.3 Å². The van der Waals surface area contributed by atoms with Crippen LogP contribution in [0.2, 0.25) is 0 Å². The van der Waals surface area contributed by atoms with Gasteiger partial charge in [0.25, 0.3) is 11.5 Å². The quantitative estimate of drug-likeness (QED) is 0.576. The Morgan fingerprint density at radius 2 is 1.97 bits per heavy atom. The third-order valence-electron chi connectivity index (χ3n) is 6.22. The van der Waals surface area contributed by atoms with Crippen LogP contribution >= 0.6 is 0 Å². The van der Waals surface area contributed by atoms with Gasteiger partial charge in [0, 0.05) is 31.2 Å². The van der Waals surface area contributed by atoms with E-state index < -0.39 is 11.2 Å². The third-order valence-corrected chi connectivity index (χ3v) is 6.22. The molecule has 0 bridgehead atoms. The number of pyridine rings is 1. The number of rotatable bonds is 7. The van der Waals surface area contributed by atoms with Crippen molar-refractivity contribution in [2.45, 2.75) is 52.6 Å². The predicted molar refractivity (Wildman–Crippen MR) is 126 cm³/mol. The van der Waals surface area contributed by atoms with Crippen LogP contribution in [0, 0.1) is 5.92 Å². The molecule has 3 heterocycles. The van der Waals surface area contributed by atoms with Crippen LogP contribution in [0.1, 0.15) is 61.1 Å². The SMILES string of the molecule is CCN(Cc1ccc2c(c1)OCO2)C(=O)c1cc(C2CC2)nc2c1c(=O)[nH]c(=O)n2CC(C)C. The van der Waals surface area contributed by atoms with Crippen molar-refractivity contribution in [2.75, 3.05) is 13.3 Å². The van der Waals surface area contributed by atoms with Crippen molar-refractivity contribution in [3.8, 4) is 11.5 Å². The van der Waals surface area contributed by atoms with Crippen LogP contribution in [0.5, 0.6) is 11.5 Å². The van der Waals surface area contributed by atoms with Crippen molar-refractivity contribution in [2.24, 2.45) is 5.92 Å². The summed E-state index contributed by atoms with van der Waals surface area (Å²) >= 11 is 0. The van der Waals surface area contributed by atoms with Gasteiger partial charge in [-0.2, -0.15) is 0 Å². The van der Waals surface area contributed by atoms with Crippen LogP contribution in [0.15, 0.2) is 33.9 Å². The van der Waals surface area contributed by atoms with Gasteiger partial charge in [0.2, 0.25) is 6.79 Å². The second-order valence-corrected chi connectivity index (χ2v) is 9.34. The van der Waals surface area contributed by atoms with Gasteiger partial charge in [0.1, 0.15) is 0 Å². The lowest BCUT2D eigenvalue weighted by Crippen LogP contribution is -2.35. The predicted octanol–water partition coefficient (Wildman–Crippen LogP) is 3.01. The summed E-state index contributed by atoms with van der Waals surface area (Å²) in [6, 6.07) is 7.34. The average Bonchev–Trinajstić information content (AvgIpc) is 3.56. The lowest BCUT2D eigenvalue weighted by molar-refractivity contribution is 0.0754. The summed E-state index contributed by atoms with van der Waals surface area (Å²) in [6.45, 7) is 7.25. The molecule has 1 fully saturated rings. The Bertz CT molecular complexity index is 1390. The molecule has 2 aliphatic rings. The summed E-state index contributed by atoms with van der Waals surface area (Å²) in [5.41, 5.74) is 1.14. The number of nitrogens with one attached hydrogen (secondary N) is 1. The number of hydrogen-bond acceptors (Lipinski definition) is 6. The maximum atomic E-state index is 13.8. The summed E-state index contributed by atoms with van der Waals surface area (Å²) in [6.07, 6.45) is 1.97. The molecule has 9 nitrogen and oxygen atoms in total. The molecule has 9 heteroatoms. The van der Waals surface area contributed by atoms with Crippen LogP contribution < -0.4 is 20.7 Å². The summed E-state index contributed by atoms with van der Waals surface area (Å²) in [5, 5.41) is 0.166. The van der Waals surface area contributed by atoms with Crippen LogP contribution in [0.3, 0.4) is 0 Å². The molecule has 178 valence electrons. The molecule has 1 amide bonds. The summed E-state index contributed by atoms with van der Waals surface area (Å²) in [4.78, 5) is 48.2. The molecule has 1 saturated carbocycles. The van der Waals surface area contributed by atoms with Crippen LogP contribution in [0.25, 0.3) is 11.0 Å². The average molecular weight is 465 g/mol. The minimum atomic E-state index is -0.586. The number of carbonyl (C=O) groups excluding carboxylic acids is 1. The number of nitrogens with zero attached hydrogens (tertiary/aromatic N) is 3. The Balaban J connectivity index is 1.60. The molecule has 2 aromatic heterocycles.